The maximum Gasteiger partial charge on any atom is 0.230 e. The van der Waals surface area contributed by atoms with Crippen LogP contribution in [0, 0.1) is 0 Å². The normalized spacial score (nSPS) is 15.8. The van der Waals surface area contributed by atoms with Gasteiger partial charge in [-0.1, -0.05) is 30.3 Å². The SMILES string of the molecule is O=C1CCc2c(OC=CCC(=O)N3CCCc4ccccc43)cccc21. The van der Waals surface area contributed by atoms with E-state index in [2.05, 4.69) is 6.07 Å². The monoisotopic (exact) mass is 347 g/mol. The number of aryl methyl sites for hydroxylation is 1. The molecule has 0 saturated heterocycles. The van der Waals surface area contributed by atoms with E-state index in [4.69, 9.17) is 4.74 Å². The minimum Gasteiger partial charge on any atom is -0.465 e. The molecule has 0 bridgehead atoms. The van der Waals surface area contributed by atoms with Gasteiger partial charge in [0.05, 0.1) is 6.26 Å². The summed E-state index contributed by atoms with van der Waals surface area (Å²) in [4.78, 5) is 26.2. The van der Waals surface area contributed by atoms with Gasteiger partial charge in [-0.2, -0.15) is 0 Å². The van der Waals surface area contributed by atoms with Crippen molar-refractivity contribution in [2.24, 2.45) is 0 Å². The van der Waals surface area contributed by atoms with Gasteiger partial charge in [-0.25, -0.2) is 0 Å². The maximum atomic E-state index is 12.6. The maximum absolute atomic E-state index is 12.6. The largest absolute Gasteiger partial charge is 0.465 e. The van der Waals surface area contributed by atoms with Gasteiger partial charge in [-0.3, -0.25) is 9.59 Å². The van der Waals surface area contributed by atoms with Crippen LogP contribution >= 0.6 is 0 Å². The summed E-state index contributed by atoms with van der Waals surface area (Å²) in [7, 11) is 0. The summed E-state index contributed by atoms with van der Waals surface area (Å²) < 4.78 is 5.70. The third-order valence-corrected chi connectivity index (χ3v) is 5.03. The minimum atomic E-state index is 0.0745. The highest BCUT2D eigenvalue weighted by atomic mass is 16.5. The van der Waals surface area contributed by atoms with Gasteiger partial charge in [0.15, 0.2) is 5.78 Å². The van der Waals surface area contributed by atoms with Gasteiger partial charge in [-0.05, 0) is 43.0 Å². The Hall–Kier alpha value is -2.88. The van der Waals surface area contributed by atoms with Crippen molar-refractivity contribution < 1.29 is 14.3 Å². The Morgan fingerprint density at radius 1 is 1.08 bits per heavy atom. The molecule has 0 saturated carbocycles. The first-order chi connectivity index (χ1) is 12.7. The summed E-state index contributed by atoms with van der Waals surface area (Å²) in [6, 6.07) is 13.6. The van der Waals surface area contributed by atoms with E-state index in [1.807, 2.05) is 41.3 Å². The number of carbonyl (C=O) groups is 2. The van der Waals surface area contributed by atoms with Crippen molar-refractivity contribution in [3.05, 3.63) is 71.5 Å². The molecule has 2 aromatic rings. The summed E-state index contributed by atoms with van der Waals surface area (Å²) >= 11 is 0. The lowest BCUT2D eigenvalue weighted by Gasteiger charge is -2.29. The number of hydrogen-bond donors (Lipinski definition) is 0. The number of benzene rings is 2. The zero-order chi connectivity index (χ0) is 17.9. The van der Waals surface area contributed by atoms with Crippen LogP contribution in [-0.2, 0) is 17.6 Å². The standard InChI is InChI=1S/C22H21NO3/c24-20-13-12-18-17(20)8-3-10-21(18)26-15-5-11-22(25)23-14-4-7-16-6-1-2-9-19(16)23/h1-3,5-6,8-10,15H,4,7,11-14H2. The highest BCUT2D eigenvalue weighted by Gasteiger charge is 2.23. The Labute approximate surface area is 153 Å². The lowest BCUT2D eigenvalue weighted by Crippen LogP contribution is -2.34. The van der Waals surface area contributed by atoms with Crippen LogP contribution < -0.4 is 9.64 Å². The lowest BCUT2D eigenvalue weighted by atomic mass is 10.0. The van der Waals surface area contributed by atoms with Crippen molar-refractivity contribution in [2.75, 3.05) is 11.4 Å². The molecule has 1 amide bonds. The lowest BCUT2D eigenvalue weighted by molar-refractivity contribution is -0.117. The molecule has 2 aliphatic rings. The molecule has 0 aromatic heterocycles. The van der Waals surface area contributed by atoms with E-state index >= 15 is 0 Å². The molecule has 1 aliphatic heterocycles. The van der Waals surface area contributed by atoms with Crippen LogP contribution in [-0.4, -0.2) is 18.2 Å². The van der Waals surface area contributed by atoms with E-state index in [0.29, 0.717) is 18.6 Å². The Morgan fingerprint density at radius 3 is 2.88 bits per heavy atom. The topological polar surface area (TPSA) is 46.6 Å². The average Bonchev–Trinajstić information content (AvgIpc) is 3.06. The first-order valence-corrected chi connectivity index (χ1v) is 9.09. The molecular formula is C22H21NO3. The quantitative estimate of drug-likeness (QED) is 0.783. The Morgan fingerprint density at radius 2 is 1.96 bits per heavy atom. The summed E-state index contributed by atoms with van der Waals surface area (Å²) in [5.41, 5.74) is 3.99. The molecule has 132 valence electrons. The molecule has 0 unspecified atom stereocenters. The smallest absolute Gasteiger partial charge is 0.230 e. The fourth-order valence-electron chi connectivity index (χ4n) is 3.74. The molecule has 4 nitrogen and oxygen atoms in total. The number of ketones is 1. The number of fused-ring (bicyclic) bond motifs is 2. The number of nitrogens with zero attached hydrogens (tertiary/aromatic N) is 1. The van der Waals surface area contributed by atoms with E-state index in [0.717, 1.165) is 42.6 Å². The predicted molar refractivity (Wildman–Crippen MR) is 101 cm³/mol. The number of para-hydroxylation sites is 1. The second kappa shape index (κ2) is 7.16. The van der Waals surface area contributed by atoms with Gasteiger partial charge in [0.25, 0.3) is 0 Å². The second-order valence-electron chi connectivity index (χ2n) is 6.68. The van der Waals surface area contributed by atoms with Crippen molar-refractivity contribution in [3.63, 3.8) is 0 Å². The number of anilines is 1. The molecule has 0 spiro atoms. The first-order valence-electron chi connectivity index (χ1n) is 9.09. The third kappa shape index (κ3) is 3.15. The zero-order valence-electron chi connectivity index (χ0n) is 14.6. The predicted octanol–water partition coefficient (Wildman–Crippen LogP) is 4.08. The van der Waals surface area contributed by atoms with E-state index in [9.17, 15) is 9.59 Å². The number of carbonyl (C=O) groups excluding carboxylic acids is 2. The van der Waals surface area contributed by atoms with Crippen LogP contribution in [0.2, 0.25) is 0 Å². The molecule has 26 heavy (non-hydrogen) atoms. The van der Waals surface area contributed by atoms with Crippen molar-refractivity contribution in [1.29, 1.82) is 0 Å². The Balaban J connectivity index is 1.40. The van der Waals surface area contributed by atoms with Gasteiger partial charge in [0.1, 0.15) is 5.75 Å². The van der Waals surface area contributed by atoms with Crippen LogP contribution in [0.15, 0.2) is 54.8 Å². The van der Waals surface area contributed by atoms with Crippen molar-refractivity contribution in [2.45, 2.75) is 32.1 Å². The third-order valence-electron chi connectivity index (χ3n) is 5.03. The summed E-state index contributed by atoms with van der Waals surface area (Å²) in [5.74, 6) is 0.958. The fourth-order valence-corrected chi connectivity index (χ4v) is 3.74. The van der Waals surface area contributed by atoms with Crippen molar-refractivity contribution >= 4 is 17.4 Å². The molecule has 1 aliphatic carbocycles. The van der Waals surface area contributed by atoms with Gasteiger partial charge >= 0.3 is 0 Å². The van der Waals surface area contributed by atoms with Crippen LogP contribution in [0.4, 0.5) is 5.69 Å². The van der Waals surface area contributed by atoms with Crippen LogP contribution in [0.5, 0.6) is 5.75 Å². The molecular weight excluding hydrogens is 326 g/mol. The number of amides is 1. The fraction of sp³-hybridized carbons (Fsp3) is 0.273. The Bertz CT molecular complexity index is 885. The van der Waals surface area contributed by atoms with Crippen LogP contribution in [0.1, 0.15) is 40.7 Å². The Kier molecular flexibility index (Phi) is 4.57. The zero-order valence-corrected chi connectivity index (χ0v) is 14.6. The minimum absolute atomic E-state index is 0.0745. The van der Waals surface area contributed by atoms with E-state index in [-0.39, 0.29) is 11.7 Å². The molecule has 0 atom stereocenters. The summed E-state index contributed by atoms with van der Waals surface area (Å²) in [5, 5.41) is 0. The summed E-state index contributed by atoms with van der Waals surface area (Å²) in [6.45, 7) is 0.763. The van der Waals surface area contributed by atoms with Crippen molar-refractivity contribution in [1.82, 2.24) is 0 Å². The molecule has 0 fully saturated rings. The highest BCUT2D eigenvalue weighted by Crippen LogP contribution is 2.31. The molecule has 2 aromatic carbocycles. The summed E-state index contributed by atoms with van der Waals surface area (Å²) in [6.07, 6.45) is 6.89. The number of hydrogen-bond acceptors (Lipinski definition) is 3. The molecule has 4 heteroatoms. The van der Waals surface area contributed by atoms with E-state index in [1.165, 1.54) is 5.56 Å². The van der Waals surface area contributed by atoms with Crippen LogP contribution in [0.3, 0.4) is 0 Å². The van der Waals surface area contributed by atoms with E-state index in [1.54, 1.807) is 12.3 Å². The first kappa shape index (κ1) is 16.6. The molecule has 0 N–H and O–H groups in total. The average molecular weight is 347 g/mol. The number of Topliss-reactive ketones (excluding diaryl/α,β-unsaturated/α-hetero) is 1. The number of ether oxygens (including phenoxy) is 1. The highest BCUT2D eigenvalue weighted by molar-refractivity contribution is 6.01. The van der Waals surface area contributed by atoms with Crippen LogP contribution in [0.25, 0.3) is 0 Å². The molecule has 4 rings (SSSR count). The molecule has 0 radical (unpaired) electrons. The second-order valence-corrected chi connectivity index (χ2v) is 6.68. The molecule has 1 heterocycles. The van der Waals surface area contributed by atoms with Gasteiger partial charge < -0.3 is 9.64 Å². The van der Waals surface area contributed by atoms with Gasteiger partial charge in [0.2, 0.25) is 5.91 Å². The van der Waals surface area contributed by atoms with E-state index < -0.39 is 0 Å². The van der Waals surface area contributed by atoms with Gasteiger partial charge in [0, 0.05) is 36.2 Å². The number of rotatable bonds is 4. The van der Waals surface area contributed by atoms with Crippen molar-refractivity contribution in [3.8, 4) is 5.75 Å². The van der Waals surface area contributed by atoms with Gasteiger partial charge in [-0.15, -0.1) is 0 Å².